The van der Waals surface area contributed by atoms with Crippen LogP contribution in [0.25, 0.3) is 60.7 Å². The maximum absolute atomic E-state index is 7.48. The summed E-state index contributed by atoms with van der Waals surface area (Å²) in [5, 5.41) is 3.44. The number of aromatic nitrogens is 3. The van der Waals surface area contributed by atoms with Gasteiger partial charge in [0.05, 0.1) is 25.9 Å². The molecule has 0 N–H and O–H groups in total. The summed E-state index contributed by atoms with van der Waals surface area (Å²) in [6.07, 6.45) is 11.8. The molecule has 4 aromatic heterocycles. The number of benzene rings is 3. The van der Waals surface area contributed by atoms with Crippen LogP contribution >= 0.6 is 0 Å². The quantitative estimate of drug-likeness (QED) is 0.113. The second-order valence-electron chi connectivity index (χ2n) is 16.4. The average Bonchev–Trinajstić information content (AvgIpc) is 3.59. The molecule has 56 heavy (non-hydrogen) atoms. The number of para-hydroxylation sites is 1. The molecule has 287 valence electrons. The number of furan rings is 1. The van der Waals surface area contributed by atoms with Crippen LogP contribution in [-0.4, -0.2) is 23.0 Å². The van der Waals surface area contributed by atoms with E-state index in [-0.39, 0.29) is 20.1 Å². The number of pyridine rings is 3. The number of fused-ring (bicyclic) bond motifs is 3. The standard InChI is InChI=1S/C31H26N3O.C18H24NSi.Ir/c1-20(21-9-4-3-5-10-21)22-17-18-33-29(19-22)26-13-8-12-23-24-15-16-28(34-31(24)35-30(23)26)25-11-6-7-14-27(25)32-2;1-14(2)11-16-12-17(15-9-7-6-8-10-15)19-13-18(16)20(3,4)5;/h6-8,11-12,14-21H,3-5,9-10H2,1H3;6-9,12-14H,11H2,1-5H3;/q2*-1;. The van der Waals surface area contributed by atoms with Crippen LogP contribution in [-0.2, 0) is 26.5 Å². The fourth-order valence-corrected chi connectivity index (χ4v) is 9.59. The third-order valence-corrected chi connectivity index (χ3v) is 13.0. The van der Waals surface area contributed by atoms with E-state index in [9.17, 15) is 0 Å². The average molecular weight is 931 g/mol. The van der Waals surface area contributed by atoms with Crippen molar-refractivity contribution < 1.29 is 24.5 Å². The van der Waals surface area contributed by atoms with Crippen molar-refractivity contribution in [3.8, 4) is 33.8 Å². The largest absolute Gasteiger partial charge is 0.486 e. The Morgan fingerprint density at radius 3 is 2.34 bits per heavy atom. The van der Waals surface area contributed by atoms with Gasteiger partial charge >= 0.3 is 0 Å². The van der Waals surface area contributed by atoms with Crippen LogP contribution in [0.3, 0.4) is 0 Å². The molecule has 1 saturated carbocycles. The molecule has 7 aromatic rings. The van der Waals surface area contributed by atoms with Gasteiger partial charge in [0.1, 0.15) is 0 Å². The van der Waals surface area contributed by atoms with Crippen LogP contribution in [0.1, 0.15) is 69.9 Å². The molecule has 0 saturated heterocycles. The summed E-state index contributed by atoms with van der Waals surface area (Å²) in [7, 11) is -1.34. The molecule has 5 nitrogen and oxygen atoms in total. The third kappa shape index (κ3) is 9.11. The van der Waals surface area contributed by atoms with Crippen LogP contribution in [0.2, 0.25) is 19.6 Å². The van der Waals surface area contributed by atoms with E-state index in [0.717, 1.165) is 62.5 Å². The van der Waals surface area contributed by atoms with Crippen LogP contribution < -0.4 is 5.19 Å². The molecule has 1 aliphatic carbocycles. The molecule has 0 spiro atoms. The van der Waals surface area contributed by atoms with Crippen molar-refractivity contribution in [1.82, 2.24) is 15.0 Å². The Morgan fingerprint density at radius 2 is 1.61 bits per heavy atom. The van der Waals surface area contributed by atoms with Crippen molar-refractivity contribution in [2.45, 2.75) is 84.9 Å². The number of hydrogen-bond donors (Lipinski definition) is 0. The molecular weight excluding hydrogens is 881 g/mol. The van der Waals surface area contributed by atoms with Crippen molar-refractivity contribution in [1.29, 1.82) is 0 Å². The molecule has 1 atom stereocenters. The van der Waals surface area contributed by atoms with Gasteiger partial charge in [-0.1, -0.05) is 118 Å². The van der Waals surface area contributed by atoms with Gasteiger partial charge in [-0.05, 0) is 71.8 Å². The molecule has 0 bridgehead atoms. The summed E-state index contributed by atoms with van der Waals surface area (Å²) in [5.41, 5.74) is 10.1. The van der Waals surface area contributed by atoms with Gasteiger partial charge in [-0.15, -0.1) is 54.1 Å². The first-order chi connectivity index (χ1) is 26.6. The number of rotatable bonds is 8. The number of hydrogen-bond acceptors (Lipinski definition) is 4. The fourth-order valence-electron chi connectivity index (χ4n) is 8.00. The summed E-state index contributed by atoms with van der Waals surface area (Å²) < 4.78 is 6.33. The normalized spacial score (nSPS) is 13.8. The van der Waals surface area contributed by atoms with E-state index in [1.807, 2.05) is 72.9 Å². The SMILES string of the molecule is CC(C)Cc1cc(-c2[c-]cccc2)ncc1[Si](C)(C)C.[C-]#[N+]c1ccccc1-c1ccc2c(n1)oc1c(-c3cc(C(C)C4CCCCC4)ccn3)[c-]ccc12.[Ir]. The summed E-state index contributed by atoms with van der Waals surface area (Å²) in [6, 6.07) is 36.8. The van der Waals surface area contributed by atoms with E-state index in [0.29, 0.717) is 23.2 Å². The topological polar surface area (TPSA) is 56.2 Å². The van der Waals surface area contributed by atoms with Gasteiger partial charge in [0.15, 0.2) is 5.69 Å². The van der Waals surface area contributed by atoms with Gasteiger partial charge in [0, 0.05) is 43.4 Å². The van der Waals surface area contributed by atoms with Crippen LogP contribution in [0.4, 0.5) is 5.69 Å². The monoisotopic (exact) mass is 931 g/mol. The Bertz CT molecular complexity index is 2460. The van der Waals surface area contributed by atoms with Crippen molar-refractivity contribution >= 4 is 41.0 Å². The van der Waals surface area contributed by atoms with E-state index < -0.39 is 8.07 Å². The van der Waals surface area contributed by atoms with Crippen molar-refractivity contribution in [3.63, 3.8) is 0 Å². The molecule has 1 aliphatic rings. The third-order valence-electron chi connectivity index (χ3n) is 10.9. The van der Waals surface area contributed by atoms with Crippen molar-refractivity contribution in [2.75, 3.05) is 0 Å². The van der Waals surface area contributed by atoms with E-state index >= 15 is 0 Å². The smallest absolute Gasteiger partial charge is 0.216 e. The van der Waals surface area contributed by atoms with Gasteiger partial charge in [-0.25, -0.2) is 9.83 Å². The second-order valence-corrected chi connectivity index (χ2v) is 21.4. The van der Waals surface area contributed by atoms with Gasteiger partial charge in [-0.3, -0.25) is 0 Å². The zero-order chi connectivity index (χ0) is 38.5. The van der Waals surface area contributed by atoms with Gasteiger partial charge in [0.25, 0.3) is 0 Å². The predicted molar refractivity (Wildman–Crippen MR) is 230 cm³/mol. The van der Waals surface area contributed by atoms with Gasteiger partial charge in [-0.2, -0.15) is 0 Å². The Balaban J connectivity index is 0.000000217. The summed E-state index contributed by atoms with van der Waals surface area (Å²) >= 11 is 0. The predicted octanol–water partition coefficient (Wildman–Crippen LogP) is 13.0. The fraction of sp³-hybridized carbons (Fsp3) is 0.306. The zero-order valence-electron chi connectivity index (χ0n) is 33.3. The summed E-state index contributed by atoms with van der Waals surface area (Å²) in [6.45, 7) is 21.6. The van der Waals surface area contributed by atoms with E-state index in [1.165, 1.54) is 48.4 Å². The van der Waals surface area contributed by atoms with Crippen LogP contribution in [0, 0.1) is 30.5 Å². The second kappa shape index (κ2) is 18.0. The minimum absolute atomic E-state index is 0. The van der Waals surface area contributed by atoms with Gasteiger partial charge in [0.2, 0.25) is 5.71 Å². The van der Waals surface area contributed by atoms with Crippen molar-refractivity contribution in [2.24, 2.45) is 11.8 Å². The van der Waals surface area contributed by atoms with Crippen molar-refractivity contribution in [3.05, 3.63) is 138 Å². The molecule has 1 unspecified atom stereocenters. The van der Waals surface area contributed by atoms with Gasteiger partial charge < -0.3 is 14.4 Å². The summed E-state index contributed by atoms with van der Waals surface area (Å²) in [4.78, 5) is 17.8. The van der Waals surface area contributed by atoms with Crippen LogP contribution in [0.15, 0.2) is 108 Å². The summed E-state index contributed by atoms with van der Waals surface area (Å²) in [5.74, 6) is 1.92. The first-order valence-electron chi connectivity index (χ1n) is 19.7. The maximum atomic E-state index is 7.48. The molecule has 4 heterocycles. The molecule has 0 amide bonds. The molecule has 7 heteroatoms. The Hall–Kier alpha value is -4.73. The minimum Gasteiger partial charge on any atom is -0.486 e. The van der Waals surface area contributed by atoms with E-state index in [4.69, 9.17) is 21.0 Å². The van der Waals surface area contributed by atoms with E-state index in [2.05, 4.69) is 92.8 Å². The zero-order valence-corrected chi connectivity index (χ0v) is 36.7. The number of nitrogens with zero attached hydrogens (tertiary/aromatic N) is 4. The maximum Gasteiger partial charge on any atom is 0.216 e. The Morgan fingerprint density at radius 1 is 0.821 bits per heavy atom. The van der Waals surface area contributed by atoms with Crippen LogP contribution in [0.5, 0.6) is 0 Å². The molecule has 3 aromatic carbocycles. The first kappa shape index (κ1) is 40.9. The minimum atomic E-state index is -1.34. The van der Waals surface area contributed by atoms with E-state index in [1.54, 1.807) is 0 Å². The Labute approximate surface area is 347 Å². The first-order valence-corrected chi connectivity index (χ1v) is 23.2. The molecule has 8 rings (SSSR count). The molecule has 1 radical (unpaired) electrons. The molecular formula is C49H50IrN4OSi-2. The molecule has 0 aliphatic heterocycles. The molecule has 1 fully saturated rings. The Kier molecular flexibility index (Phi) is 13.2.